The van der Waals surface area contributed by atoms with Gasteiger partial charge in [0, 0.05) is 5.41 Å². The van der Waals surface area contributed by atoms with Crippen molar-refractivity contribution in [2.45, 2.75) is 91.1 Å². The Morgan fingerprint density at radius 2 is 1.93 bits per heavy atom. The average molecular weight is 399 g/mol. The Bertz CT molecular complexity index is 678. The summed E-state index contributed by atoms with van der Waals surface area (Å²) in [6, 6.07) is 0. The maximum Gasteiger partial charge on any atom is 0.126 e. The average Bonchev–Trinajstić information content (AvgIpc) is 2.88. The van der Waals surface area contributed by atoms with Crippen LogP contribution in [0.5, 0.6) is 0 Å². The number of aliphatic hydroxyl groups is 1. The molecule has 2 fully saturated rings. The third-order valence-electron chi connectivity index (χ3n) is 9.93. The molecule has 0 aromatic rings. The molecule has 4 aliphatic rings. The number of allylic oxidation sites excluding steroid dienone is 3. The zero-order valence-electron chi connectivity index (χ0n) is 19.1. The predicted octanol–water partition coefficient (Wildman–Crippen LogP) is 6.34. The molecule has 0 radical (unpaired) electrons. The van der Waals surface area contributed by atoms with Crippen molar-refractivity contribution in [3.63, 3.8) is 0 Å². The smallest absolute Gasteiger partial charge is 0.126 e. The third-order valence-corrected chi connectivity index (χ3v) is 9.93. The van der Waals surface area contributed by atoms with Crippen molar-refractivity contribution in [1.29, 1.82) is 0 Å². The van der Waals surface area contributed by atoms with Crippen molar-refractivity contribution in [2.24, 2.45) is 46.3 Å². The molecule has 2 saturated carbocycles. The molecule has 4 unspecified atom stereocenters. The second kappa shape index (κ2) is 7.66. The quantitative estimate of drug-likeness (QED) is 0.322. The first-order valence-electron chi connectivity index (χ1n) is 12.3. The Balaban J connectivity index is 1.60. The molecule has 0 aromatic carbocycles. The highest BCUT2D eigenvalue weighted by Crippen LogP contribution is 2.70. The van der Waals surface area contributed by atoms with Crippen molar-refractivity contribution < 1.29 is 9.90 Å². The summed E-state index contributed by atoms with van der Waals surface area (Å²) in [6.07, 6.45) is 21.0. The van der Waals surface area contributed by atoms with Crippen molar-refractivity contribution in [1.82, 2.24) is 0 Å². The zero-order chi connectivity index (χ0) is 20.9. The third kappa shape index (κ3) is 3.11. The first-order valence-corrected chi connectivity index (χ1v) is 12.3. The lowest BCUT2D eigenvalue weighted by atomic mass is 9.49. The van der Waals surface area contributed by atoms with Crippen LogP contribution in [0.25, 0.3) is 0 Å². The normalized spacial score (nSPS) is 48.3. The van der Waals surface area contributed by atoms with E-state index in [2.05, 4.69) is 45.9 Å². The fraction of sp³-hybridized carbons (Fsp3) is 0.815. The molecule has 1 N–H and O–H groups in total. The fourth-order valence-electron chi connectivity index (χ4n) is 8.15. The molecule has 29 heavy (non-hydrogen) atoms. The van der Waals surface area contributed by atoms with Gasteiger partial charge >= 0.3 is 0 Å². The first-order chi connectivity index (χ1) is 13.8. The minimum Gasteiger partial charge on any atom is -0.384 e. The topological polar surface area (TPSA) is 37.3 Å². The van der Waals surface area contributed by atoms with Crippen LogP contribution in [-0.4, -0.2) is 17.0 Å². The summed E-state index contributed by atoms with van der Waals surface area (Å²) in [5.41, 5.74) is -0.812. The van der Waals surface area contributed by atoms with E-state index in [4.69, 9.17) is 0 Å². The van der Waals surface area contributed by atoms with Gasteiger partial charge in [-0.3, -0.25) is 0 Å². The van der Waals surface area contributed by atoms with Crippen molar-refractivity contribution in [3.8, 4) is 0 Å². The van der Waals surface area contributed by atoms with Gasteiger partial charge in [-0.25, -0.2) is 0 Å². The van der Waals surface area contributed by atoms with Gasteiger partial charge in [0.25, 0.3) is 0 Å². The molecule has 4 rings (SSSR count). The van der Waals surface area contributed by atoms with E-state index in [9.17, 15) is 9.90 Å². The Kier molecular flexibility index (Phi) is 5.64. The summed E-state index contributed by atoms with van der Waals surface area (Å²) < 4.78 is 0. The number of carbonyl (C=O) groups is 1. The molecule has 4 aliphatic carbocycles. The van der Waals surface area contributed by atoms with Gasteiger partial charge < -0.3 is 9.90 Å². The predicted molar refractivity (Wildman–Crippen MR) is 119 cm³/mol. The molecule has 0 saturated heterocycles. The highest BCUT2D eigenvalue weighted by Gasteiger charge is 2.69. The standard InChI is InChI=1S/C27H42O2/c1-19(2)10-5-6-11-20-12-9-13-21-24-22(14-17-25(20,21)3)26(4)15-7-8-16-27(26,29)23(24)18-28/h8-9,12,16,18-24,29H,5-7,10-11,13-15,17H2,1-4H3/t20?,21?,22?,23-,24?,25-,26-,27-/m1/s1. The lowest BCUT2D eigenvalue weighted by molar-refractivity contribution is -0.124. The number of aldehydes is 1. The van der Waals surface area contributed by atoms with E-state index in [0.717, 1.165) is 31.5 Å². The molecule has 2 heteroatoms. The number of carbonyl (C=O) groups excluding carboxylic acids is 1. The summed E-state index contributed by atoms with van der Waals surface area (Å²) in [7, 11) is 0. The number of fused-ring (bicyclic) bond motifs is 5. The van der Waals surface area contributed by atoms with Crippen molar-refractivity contribution >= 4 is 6.29 Å². The summed E-state index contributed by atoms with van der Waals surface area (Å²) >= 11 is 0. The molecule has 2 nitrogen and oxygen atoms in total. The van der Waals surface area contributed by atoms with E-state index in [0.29, 0.717) is 23.7 Å². The van der Waals surface area contributed by atoms with Gasteiger partial charge in [-0.05, 0) is 73.5 Å². The lowest BCUT2D eigenvalue weighted by Crippen LogP contribution is -2.49. The number of hydrogen-bond donors (Lipinski definition) is 1. The van der Waals surface area contributed by atoms with Gasteiger partial charge in [0.2, 0.25) is 0 Å². The van der Waals surface area contributed by atoms with Gasteiger partial charge in [0.1, 0.15) is 6.29 Å². The largest absolute Gasteiger partial charge is 0.384 e. The number of rotatable bonds is 6. The van der Waals surface area contributed by atoms with Gasteiger partial charge in [0.05, 0.1) is 11.5 Å². The van der Waals surface area contributed by atoms with Crippen LogP contribution in [0.1, 0.15) is 85.5 Å². The lowest BCUT2D eigenvalue weighted by Gasteiger charge is -2.55. The van der Waals surface area contributed by atoms with E-state index < -0.39 is 5.60 Å². The zero-order valence-corrected chi connectivity index (χ0v) is 19.1. The molecule has 0 aliphatic heterocycles. The molecular weight excluding hydrogens is 356 g/mol. The molecular formula is C27H42O2. The van der Waals surface area contributed by atoms with Crippen LogP contribution in [-0.2, 0) is 4.79 Å². The molecule has 0 aromatic heterocycles. The van der Waals surface area contributed by atoms with Crippen LogP contribution >= 0.6 is 0 Å². The Morgan fingerprint density at radius 1 is 1.14 bits per heavy atom. The highest BCUT2D eigenvalue weighted by molar-refractivity contribution is 5.60. The highest BCUT2D eigenvalue weighted by atomic mass is 16.3. The van der Waals surface area contributed by atoms with Gasteiger partial charge in [-0.1, -0.05) is 71.3 Å². The van der Waals surface area contributed by atoms with E-state index in [-0.39, 0.29) is 16.7 Å². The summed E-state index contributed by atoms with van der Waals surface area (Å²) in [6.45, 7) is 9.43. The number of unbranched alkanes of at least 4 members (excludes halogenated alkanes) is 1. The Morgan fingerprint density at radius 3 is 2.66 bits per heavy atom. The SMILES string of the molecule is CC(C)CCCCC1C=CCC2C3C(CC[C@]12C)[C@@]1(C)CCC=C[C@@]1(O)[C@@H]3C=O. The van der Waals surface area contributed by atoms with Crippen LogP contribution < -0.4 is 0 Å². The van der Waals surface area contributed by atoms with Crippen molar-refractivity contribution in [3.05, 3.63) is 24.3 Å². The molecule has 0 amide bonds. The van der Waals surface area contributed by atoms with Crippen LogP contribution in [0.4, 0.5) is 0 Å². The van der Waals surface area contributed by atoms with Crippen LogP contribution in [0.3, 0.4) is 0 Å². The van der Waals surface area contributed by atoms with Crippen LogP contribution in [0.15, 0.2) is 24.3 Å². The van der Waals surface area contributed by atoms with Gasteiger partial charge in [-0.15, -0.1) is 0 Å². The molecule has 0 spiro atoms. The van der Waals surface area contributed by atoms with E-state index in [1.54, 1.807) is 0 Å². The van der Waals surface area contributed by atoms with Gasteiger partial charge in [-0.2, -0.15) is 0 Å². The summed E-state index contributed by atoms with van der Waals surface area (Å²) in [5.74, 6) is 2.50. The second-order valence-corrected chi connectivity index (χ2v) is 11.6. The summed E-state index contributed by atoms with van der Waals surface area (Å²) in [5, 5.41) is 11.8. The molecule has 162 valence electrons. The second-order valence-electron chi connectivity index (χ2n) is 11.6. The number of hydrogen-bond acceptors (Lipinski definition) is 2. The fourth-order valence-corrected chi connectivity index (χ4v) is 8.15. The first kappa shape index (κ1) is 21.3. The maximum atomic E-state index is 12.4. The molecule has 0 heterocycles. The van der Waals surface area contributed by atoms with Crippen LogP contribution in [0, 0.1) is 46.3 Å². The minimum absolute atomic E-state index is 0.146. The Hall–Kier alpha value is -0.890. The van der Waals surface area contributed by atoms with E-state index in [1.165, 1.54) is 38.5 Å². The van der Waals surface area contributed by atoms with E-state index in [1.807, 2.05) is 6.08 Å². The minimum atomic E-state index is -0.943. The van der Waals surface area contributed by atoms with E-state index >= 15 is 0 Å². The maximum absolute atomic E-state index is 12.4. The van der Waals surface area contributed by atoms with Crippen LogP contribution in [0.2, 0.25) is 0 Å². The monoisotopic (exact) mass is 398 g/mol. The summed E-state index contributed by atoms with van der Waals surface area (Å²) in [4.78, 5) is 12.4. The van der Waals surface area contributed by atoms with Gasteiger partial charge in [0.15, 0.2) is 0 Å². The molecule has 8 atom stereocenters. The van der Waals surface area contributed by atoms with Crippen molar-refractivity contribution in [2.75, 3.05) is 0 Å². The Labute approximate surface area is 178 Å². The molecule has 0 bridgehead atoms.